The van der Waals surface area contributed by atoms with E-state index in [1.165, 1.54) is 6.07 Å². The van der Waals surface area contributed by atoms with Gasteiger partial charge in [0.1, 0.15) is 0 Å². The first-order valence-corrected chi connectivity index (χ1v) is 7.06. The van der Waals surface area contributed by atoms with Crippen LogP contribution in [0.15, 0.2) is 18.2 Å². The molecule has 1 aliphatic rings. The molecule has 0 fully saturated rings. The number of fused-ring (bicyclic) bond motifs is 1. The Labute approximate surface area is 132 Å². The van der Waals surface area contributed by atoms with Gasteiger partial charge in [-0.3, -0.25) is 9.59 Å². The largest absolute Gasteiger partial charge is 0.468 e. The summed E-state index contributed by atoms with van der Waals surface area (Å²) in [5.74, 6) is -4.48. The molecule has 2 rings (SSSR count). The smallest absolute Gasteiger partial charge is 0.404 e. The highest BCUT2D eigenvalue weighted by molar-refractivity contribution is 6.00. The van der Waals surface area contributed by atoms with Crippen molar-refractivity contribution >= 4 is 11.9 Å². The lowest BCUT2D eigenvalue weighted by atomic mass is 9.83. The molecule has 23 heavy (non-hydrogen) atoms. The number of methoxy groups -OCH3 is 1. The van der Waals surface area contributed by atoms with Crippen LogP contribution in [-0.4, -0.2) is 25.2 Å². The van der Waals surface area contributed by atoms with Crippen LogP contribution in [0.25, 0.3) is 0 Å². The summed E-state index contributed by atoms with van der Waals surface area (Å²) in [6.07, 6.45) is -4.83. The average molecular weight is 329 g/mol. The number of alkyl halides is 3. The van der Waals surface area contributed by atoms with Crippen LogP contribution in [0.2, 0.25) is 0 Å². The molecular weight excluding hydrogens is 311 g/mol. The molecular formula is C16H18F3NO3. The molecule has 2 atom stereocenters. The molecule has 0 saturated carbocycles. The topological polar surface area (TPSA) is 55.4 Å². The van der Waals surface area contributed by atoms with E-state index in [0.29, 0.717) is 0 Å². The third-order valence-electron chi connectivity index (χ3n) is 3.92. The Morgan fingerprint density at radius 3 is 2.35 bits per heavy atom. The first-order valence-electron chi connectivity index (χ1n) is 7.06. The predicted molar refractivity (Wildman–Crippen MR) is 76.9 cm³/mol. The van der Waals surface area contributed by atoms with E-state index in [4.69, 9.17) is 0 Å². The second kappa shape index (κ2) is 5.54. The molecule has 0 spiro atoms. The van der Waals surface area contributed by atoms with Gasteiger partial charge < -0.3 is 10.1 Å². The molecule has 7 heteroatoms. The van der Waals surface area contributed by atoms with E-state index in [1.54, 1.807) is 12.1 Å². The molecule has 1 heterocycles. The SMILES string of the molecule is COC(=O)C(C1NC(=O)c2ccc(C(C)(C)C)cc21)C(F)(F)F. The van der Waals surface area contributed by atoms with Gasteiger partial charge in [0, 0.05) is 5.56 Å². The Morgan fingerprint density at radius 2 is 1.87 bits per heavy atom. The number of benzene rings is 1. The van der Waals surface area contributed by atoms with Crippen molar-refractivity contribution in [3.8, 4) is 0 Å². The minimum absolute atomic E-state index is 0.154. The molecule has 1 amide bonds. The third kappa shape index (κ3) is 3.18. The Morgan fingerprint density at radius 1 is 1.26 bits per heavy atom. The first kappa shape index (κ1) is 17.3. The second-order valence-electron chi connectivity index (χ2n) is 6.55. The molecule has 0 aromatic heterocycles. The number of halogens is 3. The molecule has 0 aliphatic carbocycles. The van der Waals surface area contributed by atoms with E-state index in [-0.39, 0.29) is 16.5 Å². The minimum atomic E-state index is -4.83. The molecule has 0 bridgehead atoms. The maximum absolute atomic E-state index is 13.3. The molecule has 0 saturated heterocycles. The molecule has 4 nitrogen and oxygen atoms in total. The molecule has 2 unspecified atom stereocenters. The Balaban J connectivity index is 2.56. The highest BCUT2D eigenvalue weighted by Crippen LogP contribution is 2.42. The molecule has 1 aliphatic heterocycles. The van der Waals surface area contributed by atoms with Crippen LogP contribution in [0.3, 0.4) is 0 Å². The van der Waals surface area contributed by atoms with Gasteiger partial charge >= 0.3 is 12.1 Å². The van der Waals surface area contributed by atoms with Crippen molar-refractivity contribution < 1.29 is 27.5 Å². The Kier molecular flexibility index (Phi) is 4.17. The zero-order chi connectivity index (χ0) is 17.6. The summed E-state index contributed by atoms with van der Waals surface area (Å²) < 4.78 is 44.2. The second-order valence-corrected chi connectivity index (χ2v) is 6.55. The molecule has 0 radical (unpaired) electrons. The van der Waals surface area contributed by atoms with E-state index >= 15 is 0 Å². The summed E-state index contributed by atoms with van der Waals surface area (Å²) >= 11 is 0. The van der Waals surface area contributed by atoms with Gasteiger partial charge in [0.2, 0.25) is 0 Å². The monoisotopic (exact) mass is 329 g/mol. The third-order valence-corrected chi connectivity index (χ3v) is 3.92. The van der Waals surface area contributed by atoms with E-state index < -0.39 is 30.0 Å². The quantitative estimate of drug-likeness (QED) is 0.848. The van der Waals surface area contributed by atoms with Crippen LogP contribution in [-0.2, 0) is 14.9 Å². The van der Waals surface area contributed by atoms with Crippen LogP contribution in [0, 0.1) is 5.92 Å². The fourth-order valence-corrected chi connectivity index (χ4v) is 2.64. The lowest BCUT2D eigenvalue weighted by molar-refractivity contribution is -0.200. The number of ether oxygens (including phenoxy) is 1. The lowest BCUT2D eigenvalue weighted by Crippen LogP contribution is -2.41. The first-order chi connectivity index (χ1) is 10.5. The number of hydrogen-bond donors (Lipinski definition) is 1. The van der Waals surface area contributed by atoms with Crippen molar-refractivity contribution in [2.75, 3.05) is 7.11 Å². The number of carbonyl (C=O) groups excluding carboxylic acids is 2. The van der Waals surface area contributed by atoms with Crippen molar-refractivity contribution in [3.63, 3.8) is 0 Å². The molecule has 1 N–H and O–H groups in total. The van der Waals surface area contributed by atoms with Crippen molar-refractivity contribution in [3.05, 3.63) is 34.9 Å². The number of esters is 1. The number of hydrogen-bond acceptors (Lipinski definition) is 3. The highest BCUT2D eigenvalue weighted by atomic mass is 19.4. The van der Waals surface area contributed by atoms with E-state index in [9.17, 15) is 22.8 Å². The van der Waals surface area contributed by atoms with Crippen molar-refractivity contribution in [2.24, 2.45) is 5.92 Å². The van der Waals surface area contributed by atoms with Crippen LogP contribution < -0.4 is 5.32 Å². The number of nitrogens with one attached hydrogen (secondary N) is 1. The van der Waals surface area contributed by atoms with Gasteiger partial charge in [-0.25, -0.2) is 0 Å². The molecule has 1 aromatic rings. The van der Waals surface area contributed by atoms with Crippen LogP contribution in [0.5, 0.6) is 0 Å². The van der Waals surface area contributed by atoms with Gasteiger partial charge in [-0.2, -0.15) is 13.2 Å². The van der Waals surface area contributed by atoms with Gasteiger partial charge in [0.05, 0.1) is 13.2 Å². The summed E-state index contributed by atoms with van der Waals surface area (Å²) in [4.78, 5) is 23.6. The maximum Gasteiger partial charge on any atom is 0.404 e. The zero-order valence-corrected chi connectivity index (χ0v) is 13.2. The summed E-state index contributed by atoms with van der Waals surface area (Å²) in [5.41, 5.74) is 0.810. The Bertz CT molecular complexity index is 647. The minimum Gasteiger partial charge on any atom is -0.468 e. The Hall–Kier alpha value is -2.05. The lowest BCUT2D eigenvalue weighted by Gasteiger charge is -2.25. The van der Waals surface area contributed by atoms with Crippen LogP contribution in [0.4, 0.5) is 13.2 Å². The summed E-state index contributed by atoms with van der Waals surface area (Å²) in [6, 6.07) is 3.28. The fraction of sp³-hybridized carbons (Fsp3) is 0.500. The van der Waals surface area contributed by atoms with Gasteiger partial charge in [0.25, 0.3) is 5.91 Å². The summed E-state index contributed by atoms with van der Waals surface area (Å²) in [7, 11) is 0.893. The number of carbonyl (C=O) groups is 2. The van der Waals surface area contributed by atoms with Crippen LogP contribution >= 0.6 is 0 Å². The van der Waals surface area contributed by atoms with Crippen molar-refractivity contribution in [2.45, 2.75) is 38.4 Å². The fourth-order valence-electron chi connectivity index (χ4n) is 2.64. The van der Waals surface area contributed by atoms with Crippen LogP contribution in [0.1, 0.15) is 48.3 Å². The van der Waals surface area contributed by atoms with Crippen molar-refractivity contribution in [1.82, 2.24) is 5.32 Å². The van der Waals surface area contributed by atoms with Gasteiger partial charge in [-0.15, -0.1) is 0 Å². The zero-order valence-electron chi connectivity index (χ0n) is 13.2. The molecule has 126 valence electrons. The van der Waals surface area contributed by atoms with Gasteiger partial charge in [0.15, 0.2) is 5.92 Å². The average Bonchev–Trinajstić information content (AvgIpc) is 2.73. The van der Waals surface area contributed by atoms with Gasteiger partial charge in [-0.1, -0.05) is 32.9 Å². The standard InChI is InChI=1S/C16H18F3NO3/c1-15(2,3)8-5-6-9-10(7-8)12(20-13(9)21)11(14(22)23-4)16(17,18)19/h5-7,11-12H,1-4H3,(H,20,21). The summed E-state index contributed by atoms with van der Waals surface area (Å²) in [5, 5.41) is 2.26. The van der Waals surface area contributed by atoms with E-state index in [1.807, 2.05) is 20.8 Å². The van der Waals surface area contributed by atoms with E-state index in [0.717, 1.165) is 12.7 Å². The highest BCUT2D eigenvalue weighted by Gasteiger charge is 2.54. The normalized spacial score (nSPS) is 19.1. The molecule has 1 aromatic carbocycles. The summed E-state index contributed by atoms with van der Waals surface area (Å²) in [6.45, 7) is 5.74. The number of rotatable bonds is 2. The predicted octanol–water partition coefficient (Wildman–Crippen LogP) is 3.12. The number of amides is 1. The maximum atomic E-state index is 13.3. The van der Waals surface area contributed by atoms with Gasteiger partial charge in [-0.05, 0) is 22.6 Å². The van der Waals surface area contributed by atoms with E-state index in [2.05, 4.69) is 10.1 Å². The van der Waals surface area contributed by atoms with Crippen molar-refractivity contribution in [1.29, 1.82) is 0 Å².